The van der Waals surface area contributed by atoms with Gasteiger partial charge in [-0.05, 0) is 5.53 Å². The van der Waals surface area contributed by atoms with Gasteiger partial charge in [-0.3, -0.25) is 10.2 Å². The molecule has 0 bridgehead atoms. The molecule has 8 heteroatoms. The highest BCUT2D eigenvalue weighted by Gasteiger charge is 2.09. The van der Waals surface area contributed by atoms with E-state index in [9.17, 15) is 4.79 Å². The summed E-state index contributed by atoms with van der Waals surface area (Å²) < 4.78 is 4.66. The van der Waals surface area contributed by atoms with Gasteiger partial charge >= 0.3 is 0 Å². The van der Waals surface area contributed by atoms with Crippen molar-refractivity contribution in [1.82, 2.24) is 10.6 Å². The predicted molar refractivity (Wildman–Crippen MR) is 41.0 cm³/mol. The van der Waals surface area contributed by atoms with Gasteiger partial charge in [0.2, 0.25) is 0 Å². The van der Waals surface area contributed by atoms with E-state index in [0.717, 1.165) is 0 Å². The number of azide groups is 1. The molecule has 0 saturated heterocycles. The highest BCUT2D eigenvalue weighted by molar-refractivity contribution is 5.91. The summed E-state index contributed by atoms with van der Waals surface area (Å²) in [5, 5.41) is 6.61. The molecule has 1 amide bonds. The summed E-state index contributed by atoms with van der Waals surface area (Å²) in [6.07, 6.45) is 0. The first-order valence-corrected chi connectivity index (χ1v) is 3.25. The molecule has 0 fully saturated rings. The van der Waals surface area contributed by atoms with Crippen molar-refractivity contribution in [3.63, 3.8) is 0 Å². The molecule has 13 heavy (non-hydrogen) atoms. The first-order valence-electron chi connectivity index (χ1n) is 3.25. The van der Waals surface area contributed by atoms with Gasteiger partial charge in [-0.15, -0.1) is 0 Å². The lowest BCUT2D eigenvalue weighted by Gasteiger charge is -1.88. The van der Waals surface area contributed by atoms with Crippen LogP contribution in [-0.4, -0.2) is 11.1 Å². The van der Waals surface area contributed by atoms with Crippen LogP contribution >= 0.6 is 0 Å². The lowest BCUT2D eigenvalue weighted by atomic mass is 10.3. The normalized spacial score (nSPS) is 9.00. The molecule has 0 aliphatic rings. The van der Waals surface area contributed by atoms with Gasteiger partial charge in [-0.25, -0.2) is 5.84 Å². The Morgan fingerprint density at radius 1 is 1.92 bits per heavy atom. The van der Waals surface area contributed by atoms with E-state index in [0.29, 0.717) is 5.76 Å². The van der Waals surface area contributed by atoms with Crippen LogP contribution in [-0.2, 0) is 6.54 Å². The van der Waals surface area contributed by atoms with E-state index in [1.54, 1.807) is 0 Å². The molecule has 0 saturated carbocycles. The molecule has 0 aliphatic heterocycles. The van der Waals surface area contributed by atoms with Crippen LogP contribution in [0.15, 0.2) is 15.7 Å². The molecular weight excluding hydrogens is 176 g/mol. The van der Waals surface area contributed by atoms with Crippen molar-refractivity contribution in [2.75, 3.05) is 0 Å². The molecule has 1 rings (SSSR count). The van der Waals surface area contributed by atoms with Crippen molar-refractivity contribution in [2.45, 2.75) is 6.54 Å². The zero-order valence-corrected chi connectivity index (χ0v) is 6.47. The highest BCUT2D eigenvalue weighted by atomic mass is 16.5. The number of carbonyl (C=O) groups excluding carboxylic acids is 1. The lowest BCUT2D eigenvalue weighted by Crippen LogP contribution is -2.30. The second kappa shape index (κ2) is 4.10. The van der Waals surface area contributed by atoms with Crippen molar-refractivity contribution in [3.05, 3.63) is 28.0 Å². The van der Waals surface area contributed by atoms with Crippen molar-refractivity contribution in [2.24, 2.45) is 11.0 Å². The molecule has 0 spiro atoms. The average Bonchev–Trinajstić information content (AvgIpc) is 2.62. The molecule has 68 valence electrons. The van der Waals surface area contributed by atoms with Gasteiger partial charge < -0.3 is 4.52 Å². The number of nitrogens with zero attached hydrogens (tertiary/aromatic N) is 4. The van der Waals surface area contributed by atoms with Gasteiger partial charge in [-0.2, -0.15) is 0 Å². The third-order valence-electron chi connectivity index (χ3n) is 1.21. The Morgan fingerprint density at radius 2 is 2.69 bits per heavy atom. The Bertz CT molecular complexity index is 352. The van der Waals surface area contributed by atoms with Gasteiger partial charge in [0.05, 0.1) is 6.54 Å². The zero-order valence-electron chi connectivity index (χ0n) is 6.47. The van der Waals surface area contributed by atoms with Crippen molar-refractivity contribution >= 4 is 5.91 Å². The van der Waals surface area contributed by atoms with Gasteiger partial charge in [0.15, 0.2) is 5.69 Å². The van der Waals surface area contributed by atoms with Crippen LogP contribution in [0.1, 0.15) is 16.2 Å². The summed E-state index contributed by atoms with van der Waals surface area (Å²) in [5.41, 5.74) is 9.92. The third kappa shape index (κ3) is 2.19. The van der Waals surface area contributed by atoms with Gasteiger partial charge in [0, 0.05) is 11.0 Å². The van der Waals surface area contributed by atoms with Crippen LogP contribution in [0, 0.1) is 0 Å². The van der Waals surface area contributed by atoms with Crippen LogP contribution in [0.5, 0.6) is 0 Å². The van der Waals surface area contributed by atoms with E-state index >= 15 is 0 Å². The second-order valence-corrected chi connectivity index (χ2v) is 2.04. The quantitative estimate of drug-likeness (QED) is 0.171. The number of aromatic nitrogens is 1. The maximum Gasteiger partial charge on any atom is 0.287 e. The fourth-order valence-electron chi connectivity index (χ4n) is 0.670. The zero-order chi connectivity index (χ0) is 9.68. The molecule has 3 N–H and O–H groups in total. The maximum atomic E-state index is 10.8. The summed E-state index contributed by atoms with van der Waals surface area (Å²) in [4.78, 5) is 13.4. The van der Waals surface area contributed by atoms with Crippen LogP contribution in [0.4, 0.5) is 0 Å². The molecule has 0 unspecified atom stereocenters. The average molecular weight is 182 g/mol. The SMILES string of the molecule is [N-]=[N+]=NCc1cc(C(=O)NN)no1. The van der Waals surface area contributed by atoms with E-state index < -0.39 is 5.91 Å². The molecule has 8 nitrogen and oxygen atoms in total. The van der Waals surface area contributed by atoms with Crippen molar-refractivity contribution in [1.29, 1.82) is 0 Å². The Labute approximate surface area is 72.3 Å². The molecular formula is C5H6N6O2. The number of nitrogens with two attached hydrogens (primary N) is 1. The first kappa shape index (κ1) is 9.04. The fourth-order valence-corrected chi connectivity index (χ4v) is 0.670. The first-order chi connectivity index (χ1) is 6.27. The van der Waals surface area contributed by atoms with Gasteiger partial charge in [-0.1, -0.05) is 10.3 Å². The minimum Gasteiger partial charge on any atom is -0.360 e. The number of amides is 1. The number of hydrogen-bond donors (Lipinski definition) is 2. The van der Waals surface area contributed by atoms with E-state index in [1.165, 1.54) is 6.07 Å². The number of rotatable bonds is 3. The summed E-state index contributed by atoms with van der Waals surface area (Å²) >= 11 is 0. The van der Waals surface area contributed by atoms with Crippen LogP contribution in [0.25, 0.3) is 10.4 Å². The van der Waals surface area contributed by atoms with E-state index in [1.807, 2.05) is 5.43 Å². The van der Waals surface area contributed by atoms with Crippen molar-refractivity contribution in [3.8, 4) is 0 Å². The highest BCUT2D eigenvalue weighted by Crippen LogP contribution is 2.04. The summed E-state index contributed by atoms with van der Waals surface area (Å²) in [7, 11) is 0. The van der Waals surface area contributed by atoms with Crippen LogP contribution in [0.3, 0.4) is 0 Å². The Kier molecular flexibility index (Phi) is 2.85. The number of nitrogens with one attached hydrogen (secondary N) is 1. The minimum absolute atomic E-state index is 0.0152. The minimum atomic E-state index is -0.559. The van der Waals surface area contributed by atoms with Gasteiger partial charge in [0.25, 0.3) is 5.91 Å². The van der Waals surface area contributed by atoms with E-state index in [2.05, 4.69) is 19.7 Å². The fraction of sp³-hybridized carbons (Fsp3) is 0.200. The van der Waals surface area contributed by atoms with Crippen LogP contribution in [0.2, 0.25) is 0 Å². The molecule has 0 radical (unpaired) electrons. The third-order valence-corrected chi connectivity index (χ3v) is 1.21. The largest absolute Gasteiger partial charge is 0.360 e. The van der Waals surface area contributed by atoms with Crippen molar-refractivity contribution < 1.29 is 9.32 Å². The molecule has 1 aromatic heterocycles. The molecule has 0 aromatic carbocycles. The summed E-state index contributed by atoms with van der Waals surface area (Å²) in [6, 6.07) is 1.34. The monoisotopic (exact) mass is 182 g/mol. The summed E-state index contributed by atoms with van der Waals surface area (Å²) in [5.74, 6) is 4.59. The number of carbonyl (C=O) groups is 1. The molecule has 0 aliphatic carbocycles. The Morgan fingerprint density at radius 3 is 3.31 bits per heavy atom. The van der Waals surface area contributed by atoms with E-state index in [-0.39, 0.29) is 12.2 Å². The number of hydrogen-bond acceptors (Lipinski definition) is 5. The Hall–Kier alpha value is -2.05. The smallest absolute Gasteiger partial charge is 0.287 e. The topological polar surface area (TPSA) is 130 Å². The molecule has 0 atom stereocenters. The van der Waals surface area contributed by atoms with Crippen LogP contribution < -0.4 is 11.3 Å². The van der Waals surface area contributed by atoms with Gasteiger partial charge in [0.1, 0.15) is 5.76 Å². The lowest BCUT2D eigenvalue weighted by molar-refractivity contribution is 0.0944. The molecule has 1 heterocycles. The second-order valence-electron chi connectivity index (χ2n) is 2.04. The predicted octanol–water partition coefficient (Wildman–Crippen LogP) is 0.0884. The molecule has 1 aromatic rings. The van der Waals surface area contributed by atoms with E-state index in [4.69, 9.17) is 11.4 Å². The Balaban J connectivity index is 2.74. The summed E-state index contributed by atoms with van der Waals surface area (Å²) in [6.45, 7) is 0.0152. The maximum absolute atomic E-state index is 10.8. The number of hydrazine groups is 1. The standard InChI is InChI=1S/C5H6N6O2/c6-9-5(12)4-1-3(13-10-4)2-8-11-7/h1H,2,6H2,(H,9,12). The number of nitrogen functional groups attached to an aromatic ring is 1.